The normalized spacial score (nSPS) is 16.4. The van der Waals surface area contributed by atoms with E-state index in [1.807, 2.05) is 20.8 Å². The summed E-state index contributed by atoms with van der Waals surface area (Å²) in [5, 5.41) is 2.90. The lowest BCUT2D eigenvalue weighted by Gasteiger charge is -2.23. The highest BCUT2D eigenvalue weighted by Crippen LogP contribution is 2.28. The fraction of sp³-hybridized carbons (Fsp3) is 0.857. The zero-order chi connectivity index (χ0) is 12.9. The Morgan fingerprint density at radius 3 is 2.29 bits per heavy atom. The Balaban J connectivity index is 2.01. The van der Waals surface area contributed by atoms with E-state index in [2.05, 4.69) is 5.32 Å². The third-order valence-electron chi connectivity index (χ3n) is 3.38. The van der Waals surface area contributed by atoms with Gasteiger partial charge in [0.25, 0.3) is 0 Å². The van der Waals surface area contributed by atoms with Crippen LogP contribution in [0.15, 0.2) is 0 Å². The predicted molar refractivity (Wildman–Crippen MR) is 68.7 cm³/mol. The van der Waals surface area contributed by atoms with Crippen molar-refractivity contribution >= 4 is 11.7 Å². The number of hydrogen-bond acceptors (Lipinski definition) is 2. The zero-order valence-electron chi connectivity index (χ0n) is 11.3. The monoisotopic (exact) mass is 239 g/mol. The zero-order valence-corrected chi connectivity index (χ0v) is 11.3. The molecule has 0 radical (unpaired) electrons. The van der Waals surface area contributed by atoms with Crippen molar-refractivity contribution in [1.82, 2.24) is 5.32 Å². The molecule has 17 heavy (non-hydrogen) atoms. The van der Waals surface area contributed by atoms with Gasteiger partial charge in [0.1, 0.15) is 5.78 Å². The third-order valence-corrected chi connectivity index (χ3v) is 3.38. The van der Waals surface area contributed by atoms with Gasteiger partial charge in [0.15, 0.2) is 0 Å². The number of amides is 1. The molecule has 0 heterocycles. The van der Waals surface area contributed by atoms with Crippen molar-refractivity contribution in [3.63, 3.8) is 0 Å². The molecule has 3 nitrogen and oxygen atoms in total. The second-order valence-corrected chi connectivity index (χ2v) is 6.06. The fourth-order valence-electron chi connectivity index (χ4n) is 1.83. The van der Waals surface area contributed by atoms with Crippen molar-refractivity contribution in [1.29, 1.82) is 0 Å². The molecular formula is C14H25NO2. The van der Waals surface area contributed by atoms with Gasteiger partial charge in [-0.2, -0.15) is 0 Å². The second kappa shape index (κ2) is 6.18. The highest BCUT2D eigenvalue weighted by Gasteiger charge is 2.24. The SMILES string of the molecule is CC(C)(C)C(=O)NCCCCC(=O)C1CCC1. The maximum atomic E-state index is 11.6. The number of unbranched alkanes of at least 4 members (excludes halogenated alkanes) is 1. The summed E-state index contributed by atoms with van der Waals surface area (Å²) in [4.78, 5) is 23.1. The largest absolute Gasteiger partial charge is 0.356 e. The number of rotatable bonds is 6. The van der Waals surface area contributed by atoms with E-state index in [0.29, 0.717) is 24.7 Å². The highest BCUT2D eigenvalue weighted by atomic mass is 16.2. The van der Waals surface area contributed by atoms with Crippen LogP contribution in [0.25, 0.3) is 0 Å². The molecule has 0 bridgehead atoms. The Morgan fingerprint density at radius 2 is 1.82 bits per heavy atom. The molecule has 0 aromatic heterocycles. The fourth-order valence-corrected chi connectivity index (χ4v) is 1.83. The highest BCUT2D eigenvalue weighted by molar-refractivity contribution is 5.82. The number of hydrogen-bond donors (Lipinski definition) is 1. The van der Waals surface area contributed by atoms with Crippen LogP contribution in [-0.4, -0.2) is 18.2 Å². The number of ketones is 1. The van der Waals surface area contributed by atoms with Crippen molar-refractivity contribution in [3.8, 4) is 0 Å². The first-order valence-electron chi connectivity index (χ1n) is 6.72. The van der Waals surface area contributed by atoms with Crippen LogP contribution in [-0.2, 0) is 9.59 Å². The Morgan fingerprint density at radius 1 is 1.18 bits per heavy atom. The molecule has 0 aromatic carbocycles. The maximum absolute atomic E-state index is 11.6. The van der Waals surface area contributed by atoms with Crippen LogP contribution in [0.4, 0.5) is 0 Å². The van der Waals surface area contributed by atoms with Gasteiger partial charge < -0.3 is 5.32 Å². The van der Waals surface area contributed by atoms with Gasteiger partial charge in [0, 0.05) is 24.3 Å². The van der Waals surface area contributed by atoms with E-state index in [4.69, 9.17) is 0 Å². The van der Waals surface area contributed by atoms with Crippen LogP contribution < -0.4 is 5.32 Å². The second-order valence-electron chi connectivity index (χ2n) is 6.06. The lowest BCUT2D eigenvalue weighted by atomic mass is 9.81. The molecule has 1 aliphatic rings. The van der Waals surface area contributed by atoms with Gasteiger partial charge in [-0.05, 0) is 25.7 Å². The average molecular weight is 239 g/mol. The minimum absolute atomic E-state index is 0.0859. The van der Waals surface area contributed by atoms with Gasteiger partial charge in [0.05, 0.1) is 0 Å². The van der Waals surface area contributed by atoms with E-state index in [1.165, 1.54) is 6.42 Å². The van der Waals surface area contributed by atoms with Crippen LogP contribution in [0.1, 0.15) is 59.3 Å². The quantitative estimate of drug-likeness (QED) is 0.724. The predicted octanol–water partition coefficient (Wildman–Crippen LogP) is 2.69. The lowest BCUT2D eigenvalue weighted by molar-refractivity contribution is -0.128. The standard InChI is InChI=1S/C14H25NO2/c1-14(2,3)13(17)15-10-5-4-9-12(16)11-7-6-8-11/h11H,4-10H2,1-3H3,(H,15,17). The van der Waals surface area contributed by atoms with E-state index in [-0.39, 0.29) is 11.3 Å². The lowest BCUT2D eigenvalue weighted by Crippen LogP contribution is -2.35. The first kappa shape index (κ1) is 14.2. The Bertz CT molecular complexity index is 274. The van der Waals surface area contributed by atoms with Crippen LogP contribution in [0, 0.1) is 11.3 Å². The summed E-state index contributed by atoms with van der Waals surface area (Å²) >= 11 is 0. The van der Waals surface area contributed by atoms with E-state index >= 15 is 0 Å². The number of nitrogens with one attached hydrogen (secondary N) is 1. The van der Waals surface area contributed by atoms with E-state index in [9.17, 15) is 9.59 Å². The molecule has 3 heteroatoms. The molecule has 1 N–H and O–H groups in total. The van der Waals surface area contributed by atoms with Crippen molar-refractivity contribution < 1.29 is 9.59 Å². The molecule has 0 atom stereocenters. The van der Waals surface area contributed by atoms with Crippen LogP contribution in [0.2, 0.25) is 0 Å². The van der Waals surface area contributed by atoms with Crippen molar-refractivity contribution in [2.24, 2.45) is 11.3 Å². The van der Waals surface area contributed by atoms with Crippen molar-refractivity contribution in [3.05, 3.63) is 0 Å². The molecule has 98 valence electrons. The van der Waals surface area contributed by atoms with Crippen molar-refractivity contribution in [2.45, 2.75) is 59.3 Å². The van der Waals surface area contributed by atoms with Gasteiger partial charge in [-0.3, -0.25) is 9.59 Å². The molecule has 0 spiro atoms. The number of Topliss-reactive ketones (excluding diaryl/α,β-unsaturated/α-hetero) is 1. The van der Waals surface area contributed by atoms with Crippen LogP contribution >= 0.6 is 0 Å². The van der Waals surface area contributed by atoms with E-state index in [1.54, 1.807) is 0 Å². The minimum atomic E-state index is -0.318. The van der Waals surface area contributed by atoms with E-state index in [0.717, 1.165) is 25.7 Å². The van der Waals surface area contributed by atoms with Gasteiger partial charge in [-0.15, -0.1) is 0 Å². The Kier molecular flexibility index (Phi) is 5.16. The first-order chi connectivity index (χ1) is 7.91. The first-order valence-corrected chi connectivity index (χ1v) is 6.72. The summed E-state index contributed by atoms with van der Waals surface area (Å²) in [6.45, 7) is 6.40. The van der Waals surface area contributed by atoms with Gasteiger partial charge >= 0.3 is 0 Å². The summed E-state index contributed by atoms with van der Waals surface area (Å²) in [5.41, 5.74) is -0.318. The van der Waals surface area contributed by atoms with Gasteiger partial charge in [-0.25, -0.2) is 0 Å². The minimum Gasteiger partial charge on any atom is -0.356 e. The topological polar surface area (TPSA) is 46.2 Å². The van der Waals surface area contributed by atoms with Crippen molar-refractivity contribution in [2.75, 3.05) is 6.54 Å². The summed E-state index contributed by atoms with van der Waals surface area (Å²) in [6, 6.07) is 0. The third kappa shape index (κ3) is 4.88. The summed E-state index contributed by atoms with van der Waals surface area (Å²) < 4.78 is 0. The maximum Gasteiger partial charge on any atom is 0.225 e. The molecule has 1 rings (SSSR count). The molecule has 1 fully saturated rings. The molecule has 0 saturated heterocycles. The molecular weight excluding hydrogens is 214 g/mol. The molecule has 0 aromatic rings. The van der Waals surface area contributed by atoms with Gasteiger partial charge in [0.2, 0.25) is 5.91 Å². The molecule has 0 aliphatic heterocycles. The molecule has 1 aliphatic carbocycles. The Hall–Kier alpha value is -0.860. The molecule has 1 amide bonds. The summed E-state index contributed by atoms with van der Waals surface area (Å²) in [6.07, 6.45) is 5.91. The smallest absolute Gasteiger partial charge is 0.225 e. The van der Waals surface area contributed by atoms with Crippen LogP contribution in [0.3, 0.4) is 0 Å². The van der Waals surface area contributed by atoms with E-state index < -0.39 is 0 Å². The average Bonchev–Trinajstić information content (AvgIpc) is 2.12. The van der Waals surface area contributed by atoms with Crippen LogP contribution in [0.5, 0.6) is 0 Å². The summed E-state index contributed by atoms with van der Waals surface area (Å²) in [7, 11) is 0. The number of carbonyl (C=O) groups is 2. The summed E-state index contributed by atoms with van der Waals surface area (Å²) in [5.74, 6) is 0.875. The number of carbonyl (C=O) groups excluding carboxylic acids is 2. The molecule has 0 unspecified atom stereocenters. The Labute approximate surface area is 104 Å². The van der Waals surface area contributed by atoms with Gasteiger partial charge in [-0.1, -0.05) is 27.2 Å². The molecule has 1 saturated carbocycles.